The first kappa shape index (κ1) is 27.1. The van der Waals surface area contributed by atoms with E-state index in [0.29, 0.717) is 11.4 Å². The van der Waals surface area contributed by atoms with Gasteiger partial charge in [-0.25, -0.2) is 4.39 Å². The summed E-state index contributed by atoms with van der Waals surface area (Å²) in [5.41, 5.74) is 2.77. The highest BCUT2D eigenvalue weighted by Crippen LogP contribution is 2.32. The normalized spacial score (nSPS) is 14.4. The minimum absolute atomic E-state index is 0.000871. The van der Waals surface area contributed by atoms with Gasteiger partial charge in [0.25, 0.3) is 0 Å². The lowest BCUT2D eigenvalue weighted by Gasteiger charge is -2.33. The van der Waals surface area contributed by atoms with Crippen LogP contribution in [0.1, 0.15) is 56.2 Å². The van der Waals surface area contributed by atoms with E-state index in [9.17, 15) is 14.4 Å². The maximum atomic E-state index is 15.3. The smallest absolute Gasteiger partial charge is 0.248 e. The lowest BCUT2D eigenvalue weighted by Crippen LogP contribution is -2.48. The molecule has 1 atom stereocenters. The molecule has 1 aliphatic rings. The van der Waals surface area contributed by atoms with Gasteiger partial charge in [-0.3, -0.25) is 19.3 Å². The third-order valence-electron chi connectivity index (χ3n) is 7.41. The van der Waals surface area contributed by atoms with Crippen molar-refractivity contribution in [2.45, 2.75) is 57.5 Å². The molecule has 1 saturated carbocycles. The number of nitrogens with zero attached hydrogens (tertiary/aromatic N) is 1. The molecular weight excluding hydrogens is 507 g/mol. The second kappa shape index (κ2) is 12.2. The number of halogens is 1. The Kier molecular flexibility index (Phi) is 8.24. The van der Waals surface area contributed by atoms with Gasteiger partial charge >= 0.3 is 0 Å². The summed E-state index contributed by atoms with van der Waals surface area (Å²) in [6, 6.07) is 19.2. The lowest BCUT2D eigenvalue weighted by atomic mass is 9.94. The van der Waals surface area contributed by atoms with Crippen molar-refractivity contribution in [3.05, 3.63) is 95.9 Å². The first-order chi connectivity index (χ1) is 19.4. The molecule has 5 rings (SSSR count). The number of amides is 3. The maximum absolute atomic E-state index is 15.3. The van der Waals surface area contributed by atoms with E-state index in [1.54, 1.807) is 48.7 Å². The third-order valence-corrected chi connectivity index (χ3v) is 7.41. The highest BCUT2D eigenvalue weighted by Gasteiger charge is 2.36. The van der Waals surface area contributed by atoms with E-state index < -0.39 is 17.8 Å². The molecule has 3 aromatic carbocycles. The van der Waals surface area contributed by atoms with Gasteiger partial charge in [0.05, 0.1) is 6.42 Å². The number of carbonyl (C=O) groups excluding carboxylic acids is 3. The molecule has 1 heterocycles. The Morgan fingerprint density at radius 1 is 0.950 bits per heavy atom. The number of aromatic amines is 1. The summed E-state index contributed by atoms with van der Waals surface area (Å²) in [4.78, 5) is 44.3. The van der Waals surface area contributed by atoms with E-state index in [1.807, 2.05) is 24.3 Å². The highest BCUT2D eigenvalue weighted by molar-refractivity contribution is 6.03. The van der Waals surface area contributed by atoms with Crippen molar-refractivity contribution < 1.29 is 18.8 Å². The lowest BCUT2D eigenvalue weighted by molar-refractivity contribution is -0.127. The number of hydrogen-bond donors (Lipinski definition) is 3. The molecule has 0 radical (unpaired) electrons. The van der Waals surface area contributed by atoms with Crippen LogP contribution in [0.4, 0.5) is 15.8 Å². The number of rotatable bonds is 8. The van der Waals surface area contributed by atoms with Gasteiger partial charge in [0.15, 0.2) is 0 Å². The number of para-hydroxylation sites is 1. The Morgan fingerprint density at radius 3 is 2.38 bits per heavy atom. The Bertz CT molecular complexity index is 1510. The second-order valence-corrected chi connectivity index (χ2v) is 10.3. The van der Waals surface area contributed by atoms with E-state index in [4.69, 9.17) is 0 Å². The molecule has 1 aliphatic carbocycles. The number of aromatic nitrogens is 1. The Labute approximate surface area is 232 Å². The maximum Gasteiger partial charge on any atom is 0.248 e. The minimum atomic E-state index is -1.23. The van der Waals surface area contributed by atoms with Gasteiger partial charge in [-0.15, -0.1) is 0 Å². The van der Waals surface area contributed by atoms with Gasteiger partial charge in [0.1, 0.15) is 11.9 Å². The van der Waals surface area contributed by atoms with Crippen LogP contribution in [-0.4, -0.2) is 28.7 Å². The summed E-state index contributed by atoms with van der Waals surface area (Å²) in [5.74, 6) is -1.57. The zero-order chi connectivity index (χ0) is 28.1. The Morgan fingerprint density at radius 2 is 1.65 bits per heavy atom. The van der Waals surface area contributed by atoms with Crippen molar-refractivity contribution in [3.63, 3.8) is 0 Å². The van der Waals surface area contributed by atoms with Crippen molar-refractivity contribution in [3.8, 4) is 0 Å². The number of benzene rings is 3. The predicted octanol–water partition coefficient (Wildman–Crippen LogP) is 6.03. The Hall–Kier alpha value is -4.46. The fourth-order valence-electron chi connectivity index (χ4n) is 5.49. The van der Waals surface area contributed by atoms with E-state index in [2.05, 4.69) is 15.6 Å². The van der Waals surface area contributed by atoms with Crippen LogP contribution in [0, 0.1) is 5.82 Å². The molecule has 8 heteroatoms. The van der Waals surface area contributed by atoms with Crippen LogP contribution >= 0.6 is 0 Å². The molecule has 1 unspecified atom stereocenters. The van der Waals surface area contributed by atoms with Crippen molar-refractivity contribution in [1.29, 1.82) is 0 Å². The molecule has 0 saturated heterocycles. The molecule has 40 heavy (non-hydrogen) atoms. The molecule has 1 aromatic heterocycles. The SMILES string of the molecule is CC(=O)Nc1ccc(N(C(=O)Cc2c[nH]c3ccccc23)C(C(=O)NC2CCCCC2)c2ccccc2F)cc1. The molecule has 1 fully saturated rings. The van der Waals surface area contributed by atoms with E-state index >= 15 is 4.39 Å². The van der Waals surface area contributed by atoms with Gasteiger partial charge in [-0.2, -0.15) is 0 Å². The molecule has 206 valence electrons. The number of fused-ring (bicyclic) bond motifs is 1. The number of H-pyrrole nitrogens is 1. The summed E-state index contributed by atoms with van der Waals surface area (Å²) >= 11 is 0. The van der Waals surface area contributed by atoms with Crippen molar-refractivity contribution >= 4 is 40.0 Å². The summed E-state index contributed by atoms with van der Waals surface area (Å²) in [7, 11) is 0. The molecule has 7 nitrogen and oxygen atoms in total. The van der Waals surface area contributed by atoms with E-state index in [0.717, 1.165) is 48.6 Å². The quantitative estimate of drug-likeness (QED) is 0.255. The van der Waals surface area contributed by atoms with Crippen molar-refractivity contribution in [2.75, 3.05) is 10.2 Å². The summed E-state index contributed by atoms with van der Waals surface area (Å²) < 4.78 is 15.3. The number of hydrogen-bond acceptors (Lipinski definition) is 3. The standard InChI is InChI=1S/C32H33FN4O3/c1-21(38)35-24-15-17-25(18-16-24)37(30(39)19-22-20-34-29-14-8-6-11-26(22)29)31(27-12-5-7-13-28(27)33)32(40)36-23-9-3-2-4-10-23/h5-8,11-18,20,23,31,34H,2-4,9-10,19H2,1H3,(H,35,38)(H,36,40). The average molecular weight is 541 g/mol. The van der Waals surface area contributed by atoms with Crippen LogP contribution in [0.25, 0.3) is 10.9 Å². The van der Waals surface area contributed by atoms with E-state index in [-0.39, 0.29) is 29.8 Å². The van der Waals surface area contributed by atoms with Crippen LogP contribution < -0.4 is 15.5 Å². The van der Waals surface area contributed by atoms with E-state index in [1.165, 1.54) is 17.9 Å². The molecule has 0 aliphatic heterocycles. The molecule has 3 amide bonds. The van der Waals surface area contributed by atoms with Crippen LogP contribution in [0.3, 0.4) is 0 Å². The summed E-state index contributed by atoms with van der Waals surface area (Å²) in [6.45, 7) is 1.41. The zero-order valence-electron chi connectivity index (χ0n) is 22.5. The van der Waals surface area contributed by atoms with Gasteiger partial charge < -0.3 is 15.6 Å². The van der Waals surface area contributed by atoms with Gasteiger partial charge in [0.2, 0.25) is 17.7 Å². The van der Waals surface area contributed by atoms with Gasteiger partial charge in [0, 0.05) is 47.0 Å². The largest absolute Gasteiger partial charge is 0.361 e. The molecule has 0 spiro atoms. The van der Waals surface area contributed by atoms with Gasteiger partial charge in [-0.05, 0) is 54.8 Å². The first-order valence-electron chi connectivity index (χ1n) is 13.7. The summed E-state index contributed by atoms with van der Waals surface area (Å²) in [5, 5.41) is 6.74. The third kappa shape index (κ3) is 6.06. The topological polar surface area (TPSA) is 94.3 Å². The fourth-order valence-corrected chi connectivity index (χ4v) is 5.49. The van der Waals surface area contributed by atoms with Crippen LogP contribution in [-0.2, 0) is 20.8 Å². The summed E-state index contributed by atoms with van der Waals surface area (Å²) in [6.07, 6.45) is 6.65. The average Bonchev–Trinajstić information content (AvgIpc) is 3.35. The molecule has 4 aromatic rings. The monoisotopic (exact) mass is 540 g/mol. The highest BCUT2D eigenvalue weighted by atomic mass is 19.1. The molecule has 3 N–H and O–H groups in total. The molecule has 0 bridgehead atoms. The number of carbonyl (C=O) groups is 3. The molecular formula is C32H33FN4O3. The van der Waals surface area contributed by atoms with Crippen LogP contribution in [0.2, 0.25) is 0 Å². The Balaban J connectivity index is 1.57. The number of nitrogens with one attached hydrogen (secondary N) is 3. The van der Waals surface area contributed by atoms with Crippen molar-refractivity contribution in [2.24, 2.45) is 0 Å². The van der Waals surface area contributed by atoms with Crippen molar-refractivity contribution in [1.82, 2.24) is 10.3 Å². The zero-order valence-corrected chi connectivity index (χ0v) is 22.5. The van der Waals surface area contributed by atoms with Crippen LogP contribution in [0.5, 0.6) is 0 Å². The first-order valence-corrected chi connectivity index (χ1v) is 13.7. The predicted molar refractivity (Wildman–Crippen MR) is 154 cm³/mol. The number of anilines is 2. The second-order valence-electron chi connectivity index (χ2n) is 10.3. The fraction of sp³-hybridized carbons (Fsp3) is 0.281. The van der Waals surface area contributed by atoms with Gasteiger partial charge in [-0.1, -0.05) is 55.7 Å². The van der Waals surface area contributed by atoms with Crippen LogP contribution in [0.15, 0.2) is 79.0 Å². The minimum Gasteiger partial charge on any atom is -0.361 e.